The lowest BCUT2D eigenvalue weighted by atomic mass is 9.75. The van der Waals surface area contributed by atoms with Crippen molar-refractivity contribution < 1.29 is 5.11 Å². The van der Waals surface area contributed by atoms with Gasteiger partial charge in [-0.15, -0.1) is 6.42 Å². The maximum atomic E-state index is 11.3. The third kappa shape index (κ3) is 1.16. The minimum absolute atomic E-state index is 0.810. The third-order valence-electron chi connectivity index (χ3n) is 4.86. The molecule has 0 aliphatic heterocycles. The van der Waals surface area contributed by atoms with E-state index < -0.39 is 5.60 Å². The Morgan fingerprint density at radius 2 is 1.14 bits per heavy atom. The average molecular weight is 280 g/mol. The fourth-order valence-corrected chi connectivity index (χ4v) is 3.87. The van der Waals surface area contributed by atoms with Gasteiger partial charge in [0.05, 0.1) is 0 Å². The zero-order chi connectivity index (χ0) is 14.9. The van der Waals surface area contributed by atoms with E-state index in [4.69, 9.17) is 6.42 Å². The van der Waals surface area contributed by atoms with E-state index >= 15 is 0 Å². The molecule has 5 rings (SSSR count). The second-order valence-corrected chi connectivity index (χ2v) is 5.89. The van der Waals surface area contributed by atoms with Gasteiger partial charge < -0.3 is 5.11 Å². The number of aliphatic hydroxyl groups is 1. The molecule has 0 saturated carbocycles. The van der Waals surface area contributed by atoms with Crippen molar-refractivity contribution in [2.24, 2.45) is 0 Å². The lowest BCUT2D eigenvalue weighted by molar-refractivity contribution is 0.148. The van der Waals surface area contributed by atoms with Crippen molar-refractivity contribution in [3.63, 3.8) is 0 Å². The van der Waals surface area contributed by atoms with Crippen molar-refractivity contribution in [1.82, 2.24) is 0 Å². The summed E-state index contributed by atoms with van der Waals surface area (Å²) >= 11 is 0. The van der Waals surface area contributed by atoms with Gasteiger partial charge in [-0.25, -0.2) is 0 Å². The van der Waals surface area contributed by atoms with Crippen LogP contribution in [-0.2, 0) is 5.60 Å². The summed E-state index contributed by atoms with van der Waals surface area (Å²) in [6, 6.07) is 20.4. The van der Waals surface area contributed by atoms with E-state index in [0.717, 1.165) is 32.7 Å². The van der Waals surface area contributed by atoms with Gasteiger partial charge in [-0.05, 0) is 32.3 Å². The molecule has 0 amide bonds. The van der Waals surface area contributed by atoms with Crippen molar-refractivity contribution in [3.8, 4) is 12.3 Å². The summed E-state index contributed by atoms with van der Waals surface area (Å²) in [7, 11) is 0. The molecule has 0 bridgehead atoms. The highest BCUT2D eigenvalue weighted by Crippen LogP contribution is 2.47. The van der Waals surface area contributed by atoms with Gasteiger partial charge in [0.2, 0.25) is 0 Å². The topological polar surface area (TPSA) is 20.2 Å². The zero-order valence-electron chi connectivity index (χ0n) is 11.8. The van der Waals surface area contributed by atoms with E-state index in [2.05, 4.69) is 42.3 Å². The highest BCUT2D eigenvalue weighted by Gasteiger charge is 2.36. The van der Waals surface area contributed by atoms with Crippen LogP contribution in [0.3, 0.4) is 0 Å². The van der Waals surface area contributed by atoms with Crippen LogP contribution in [0.5, 0.6) is 0 Å². The van der Waals surface area contributed by atoms with Crippen LogP contribution >= 0.6 is 0 Å². The SMILES string of the molecule is C#CC1(O)c2cccc3ccc4ccc5cccc1c5c4c23. The summed E-state index contributed by atoms with van der Waals surface area (Å²) in [4.78, 5) is 0. The van der Waals surface area contributed by atoms with E-state index in [1.807, 2.05) is 24.3 Å². The molecule has 4 aromatic carbocycles. The van der Waals surface area contributed by atoms with Gasteiger partial charge in [-0.1, -0.05) is 66.6 Å². The van der Waals surface area contributed by atoms with Gasteiger partial charge in [0.1, 0.15) is 0 Å². The Kier molecular flexibility index (Phi) is 1.97. The standard InChI is InChI=1S/C21H12O/c1-2-21(22)16-7-3-5-13-9-11-15-12-10-14-6-4-8-17(21)19(14)20(15)18(13)16/h1,3-12,22H. The number of benzene rings is 4. The first-order valence-electron chi connectivity index (χ1n) is 7.32. The number of rotatable bonds is 0. The van der Waals surface area contributed by atoms with Crippen LogP contribution in [0.25, 0.3) is 32.3 Å². The summed E-state index contributed by atoms with van der Waals surface area (Å²) in [6.45, 7) is 0. The maximum absolute atomic E-state index is 11.3. The van der Waals surface area contributed by atoms with E-state index in [0.29, 0.717) is 0 Å². The molecule has 0 radical (unpaired) electrons. The van der Waals surface area contributed by atoms with Gasteiger partial charge in [0.25, 0.3) is 0 Å². The van der Waals surface area contributed by atoms with Gasteiger partial charge in [-0.3, -0.25) is 0 Å². The fraction of sp³-hybridized carbons (Fsp3) is 0.0476. The average Bonchev–Trinajstić information content (AvgIpc) is 2.58. The van der Waals surface area contributed by atoms with E-state index in [1.165, 1.54) is 10.8 Å². The van der Waals surface area contributed by atoms with Gasteiger partial charge in [0.15, 0.2) is 5.60 Å². The minimum atomic E-state index is -1.37. The number of terminal acetylenes is 1. The quantitative estimate of drug-likeness (QED) is 0.375. The predicted octanol–water partition coefficient (Wildman–Crippen LogP) is 4.33. The first-order valence-corrected chi connectivity index (χ1v) is 7.32. The Balaban J connectivity index is 2.26. The van der Waals surface area contributed by atoms with E-state index in [1.54, 1.807) is 0 Å². The van der Waals surface area contributed by atoms with Crippen molar-refractivity contribution in [3.05, 3.63) is 71.8 Å². The molecule has 0 aromatic heterocycles. The number of hydrogen-bond acceptors (Lipinski definition) is 1. The highest BCUT2D eigenvalue weighted by molar-refractivity contribution is 6.24. The second kappa shape index (κ2) is 3.68. The highest BCUT2D eigenvalue weighted by atomic mass is 16.3. The molecule has 4 aromatic rings. The van der Waals surface area contributed by atoms with E-state index in [9.17, 15) is 5.11 Å². The molecule has 102 valence electrons. The van der Waals surface area contributed by atoms with Crippen LogP contribution in [0.15, 0.2) is 60.7 Å². The van der Waals surface area contributed by atoms with Crippen molar-refractivity contribution in [2.75, 3.05) is 0 Å². The van der Waals surface area contributed by atoms with Crippen molar-refractivity contribution >= 4 is 32.3 Å². The fourth-order valence-electron chi connectivity index (χ4n) is 3.87. The van der Waals surface area contributed by atoms with Gasteiger partial charge in [-0.2, -0.15) is 0 Å². The molecule has 1 aliphatic carbocycles. The number of hydrogen-bond donors (Lipinski definition) is 1. The largest absolute Gasteiger partial charge is 0.369 e. The molecule has 1 aliphatic rings. The Morgan fingerprint density at radius 1 is 0.682 bits per heavy atom. The van der Waals surface area contributed by atoms with Crippen LogP contribution in [-0.4, -0.2) is 5.11 Å². The summed E-state index contributed by atoms with van der Waals surface area (Å²) in [5, 5.41) is 18.0. The molecular weight excluding hydrogens is 268 g/mol. The molecule has 22 heavy (non-hydrogen) atoms. The molecule has 0 unspecified atom stereocenters. The van der Waals surface area contributed by atoms with Gasteiger partial charge in [0, 0.05) is 11.1 Å². The molecular formula is C21H12O. The molecule has 0 heterocycles. The monoisotopic (exact) mass is 280 g/mol. The lowest BCUT2D eigenvalue weighted by Gasteiger charge is -2.31. The summed E-state index contributed by atoms with van der Waals surface area (Å²) in [5.41, 5.74) is 0.246. The second-order valence-electron chi connectivity index (χ2n) is 5.89. The molecule has 1 heteroatoms. The van der Waals surface area contributed by atoms with Crippen molar-refractivity contribution in [2.45, 2.75) is 5.60 Å². The molecule has 0 saturated heterocycles. The summed E-state index contributed by atoms with van der Waals surface area (Å²) < 4.78 is 0. The normalized spacial score (nSPS) is 14.9. The zero-order valence-corrected chi connectivity index (χ0v) is 11.8. The summed E-state index contributed by atoms with van der Waals surface area (Å²) in [6.07, 6.45) is 5.77. The lowest BCUT2D eigenvalue weighted by Crippen LogP contribution is -2.27. The van der Waals surface area contributed by atoms with Crippen LogP contribution in [0.2, 0.25) is 0 Å². The molecule has 0 atom stereocenters. The van der Waals surface area contributed by atoms with Crippen LogP contribution in [0.4, 0.5) is 0 Å². The van der Waals surface area contributed by atoms with Gasteiger partial charge >= 0.3 is 0 Å². The summed E-state index contributed by atoms with van der Waals surface area (Å²) in [5.74, 6) is 2.64. The molecule has 0 fully saturated rings. The Morgan fingerprint density at radius 3 is 1.59 bits per heavy atom. The van der Waals surface area contributed by atoms with E-state index in [-0.39, 0.29) is 0 Å². The van der Waals surface area contributed by atoms with Crippen LogP contribution in [0, 0.1) is 12.3 Å². The molecule has 0 spiro atoms. The van der Waals surface area contributed by atoms with Crippen molar-refractivity contribution in [1.29, 1.82) is 0 Å². The predicted molar refractivity (Wildman–Crippen MR) is 90.8 cm³/mol. The first-order chi connectivity index (χ1) is 10.7. The Hall–Kier alpha value is -2.82. The molecule has 1 N–H and O–H groups in total. The van der Waals surface area contributed by atoms with Crippen LogP contribution < -0.4 is 0 Å². The minimum Gasteiger partial charge on any atom is -0.369 e. The van der Waals surface area contributed by atoms with Crippen LogP contribution in [0.1, 0.15) is 11.1 Å². The smallest absolute Gasteiger partial charge is 0.177 e. The third-order valence-corrected chi connectivity index (χ3v) is 4.86. The molecule has 1 nitrogen and oxygen atoms in total. The Bertz CT molecular complexity index is 1070. The first kappa shape index (κ1) is 11.8. The maximum Gasteiger partial charge on any atom is 0.177 e. The Labute approximate surface area is 127 Å².